The average Bonchev–Trinajstić information content (AvgIpc) is 3.40. The standard InChI is InChI=1S/C50H74N2O9/c1-4-5-20-46(57)47(58)29-26-37-23-22-36-14-7-6-13-35(36)15-9-21-48(50(3,61)43(17-11-30-53)38-24-27-40(55)28-25-38)52-45(42(37)32-41(56)33-54)19-10-18-44-39(31-49(59)60)16-8-12-34(2)51-44/h6-7,13-14,24-29,34,39,41,43-48,51-58,61H,4-5,8,10-12,16-23,30-33H2,1-3H3,(H,59,60). The van der Waals surface area contributed by atoms with Gasteiger partial charge in [-0.3, -0.25) is 4.79 Å². The number of carbonyl (C=O) groups is 1. The molecule has 11 heteroatoms. The number of fused-ring (bicyclic) bond motifs is 1. The Hall–Kier alpha value is -3.57. The maximum atomic E-state index is 12.9. The zero-order valence-corrected chi connectivity index (χ0v) is 36.7. The molecule has 0 aliphatic carbocycles. The fraction of sp³-hybridized carbons (Fsp3) is 0.620. The van der Waals surface area contributed by atoms with Gasteiger partial charge in [-0.15, -0.1) is 0 Å². The molecule has 0 saturated carbocycles. The van der Waals surface area contributed by atoms with Crippen LogP contribution >= 0.6 is 0 Å². The first-order chi connectivity index (χ1) is 29.3. The fourth-order valence-electron chi connectivity index (χ4n) is 9.35. The number of aromatic hydroxyl groups is 1. The van der Waals surface area contributed by atoms with Gasteiger partial charge in [0.05, 0.1) is 30.5 Å². The van der Waals surface area contributed by atoms with E-state index in [0.29, 0.717) is 51.4 Å². The highest BCUT2D eigenvalue weighted by atomic mass is 16.4. The number of phenols is 1. The summed E-state index contributed by atoms with van der Waals surface area (Å²) in [5.41, 5.74) is 2.83. The molecule has 0 bridgehead atoms. The summed E-state index contributed by atoms with van der Waals surface area (Å²) in [5.74, 6) is 5.55. The van der Waals surface area contributed by atoms with Crippen LogP contribution in [0.15, 0.2) is 71.8 Å². The number of aliphatic carboxylic acids is 1. The van der Waals surface area contributed by atoms with Crippen LogP contribution in [0.2, 0.25) is 0 Å². The van der Waals surface area contributed by atoms with Crippen LogP contribution in [0.5, 0.6) is 5.75 Å². The largest absolute Gasteiger partial charge is 0.508 e. The normalized spacial score (nSPS) is 24.5. The van der Waals surface area contributed by atoms with Gasteiger partial charge in [-0.25, -0.2) is 0 Å². The van der Waals surface area contributed by atoms with Gasteiger partial charge >= 0.3 is 5.97 Å². The van der Waals surface area contributed by atoms with Crippen molar-refractivity contribution >= 4 is 5.97 Å². The third-order valence-electron chi connectivity index (χ3n) is 12.9. The minimum atomic E-state index is -1.47. The third kappa shape index (κ3) is 15.6. The number of aliphatic hydroxyl groups is 6. The van der Waals surface area contributed by atoms with Crippen molar-refractivity contribution < 1.29 is 45.6 Å². The van der Waals surface area contributed by atoms with Crippen LogP contribution in [0, 0.1) is 17.8 Å². The molecular weight excluding hydrogens is 773 g/mol. The summed E-state index contributed by atoms with van der Waals surface area (Å²) in [6, 6.07) is 13.8. The minimum Gasteiger partial charge on any atom is -0.508 e. The lowest BCUT2D eigenvalue weighted by molar-refractivity contribution is -0.138. The van der Waals surface area contributed by atoms with Crippen LogP contribution in [0.3, 0.4) is 0 Å². The summed E-state index contributed by atoms with van der Waals surface area (Å²) in [7, 11) is 0. The summed E-state index contributed by atoms with van der Waals surface area (Å²) in [5, 5.41) is 94.0. The van der Waals surface area contributed by atoms with Gasteiger partial charge in [-0.05, 0) is 124 Å². The van der Waals surface area contributed by atoms with Gasteiger partial charge in [0.15, 0.2) is 0 Å². The lowest BCUT2D eigenvalue weighted by atomic mass is 9.74. The number of aliphatic hydroxyl groups excluding tert-OH is 5. The van der Waals surface area contributed by atoms with E-state index in [-0.39, 0.29) is 49.6 Å². The number of allylic oxidation sites excluding steroid dienone is 2. The summed E-state index contributed by atoms with van der Waals surface area (Å²) in [4.78, 5) is 12.0. The Morgan fingerprint density at radius 1 is 0.967 bits per heavy atom. The zero-order chi connectivity index (χ0) is 44.4. The van der Waals surface area contributed by atoms with Crippen molar-refractivity contribution in [1.29, 1.82) is 0 Å². The Kier molecular flexibility index (Phi) is 20.9. The van der Waals surface area contributed by atoms with E-state index < -0.39 is 54.5 Å². The van der Waals surface area contributed by atoms with Crippen LogP contribution in [-0.2, 0) is 11.2 Å². The van der Waals surface area contributed by atoms with E-state index in [1.54, 1.807) is 37.3 Å². The number of hydrogen-bond donors (Lipinski definition) is 10. The smallest absolute Gasteiger partial charge is 0.303 e. The van der Waals surface area contributed by atoms with E-state index >= 15 is 0 Å². The number of nitrogens with one attached hydrogen (secondary N) is 2. The van der Waals surface area contributed by atoms with Crippen molar-refractivity contribution in [2.24, 2.45) is 5.92 Å². The Balaban J connectivity index is 1.90. The summed E-state index contributed by atoms with van der Waals surface area (Å²) >= 11 is 0. The fourth-order valence-corrected chi connectivity index (χ4v) is 9.35. The van der Waals surface area contributed by atoms with Gasteiger partial charge < -0.3 is 51.5 Å². The van der Waals surface area contributed by atoms with E-state index in [4.69, 9.17) is 0 Å². The second-order valence-electron chi connectivity index (χ2n) is 17.7. The zero-order valence-electron chi connectivity index (χ0n) is 36.7. The topological polar surface area (TPSA) is 203 Å². The number of benzene rings is 2. The highest BCUT2D eigenvalue weighted by molar-refractivity contribution is 5.67. The molecule has 10 N–H and O–H groups in total. The lowest BCUT2D eigenvalue weighted by Crippen LogP contribution is -2.56. The number of carboxylic acid groups (broad SMARTS) is 1. The Bertz CT molecular complexity index is 1750. The van der Waals surface area contributed by atoms with Crippen molar-refractivity contribution in [3.63, 3.8) is 0 Å². The van der Waals surface area contributed by atoms with Crippen molar-refractivity contribution in [3.05, 3.63) is 88.5 Å². The van der Waals surface area contributed by atoms with Crippen LogP contribution in [0.1, 0.15) is 140 Å². The number of rotatable bonds is 21. The van der Waals surface area contributed by atoms with E-state index in [1.165, 1.54) is 0 Å². The third-order valence-corrected chi connectivity index (χ3v) is 12.9. The molecule has 338 valence electrons. The summed E-state index contributed by atoms with van der Waals surface area (Å²) in [6.45, 7) is 5.40. The second kappa shape index (κ2) is 25.5. The van der Waals surface area contributed by atoms with Crippen molar-refractivity contribution in [2.75, 3.05) is 13.2 Å². The molecule has 2 aliphatic heterocycles. The van der Waals surface area contributed by atoms with Gasteiger partial charge in [0.1, 0.15) is 5.75 Å². The molecule has 1 saturated heterocycles. The molecule has 10 unspecified atom stereocenters. The predicted molar refractivity (Wildman–Crippen MR) is 240 cm³/mol. The second-order valence-corrected chi connectivity index (χ2v) is 17.7. The average molecular weight is 847 g/mol. The lowest BCUT2D eigenvalue weighted by Gasteiger charge is -2.42. The van der Waals surface area contributed by atoms with Gasteiger partial charge in [-0.2, -0.15) is 0 Å². The summed E-state index contributed by atoms with van der Waals surface area (Å²) in [6.07, 6.45) is 9.37. The molecule has 0 spiro atoms. The first kappa shape index (κ1) is 50.1. The van der Waals surface area contributed by atoms with Gasteiger partial charge in [0, 0.05) is 55.1 Å². The highest BCUT2D eigenvalue weighted by Gasteiger charge is 2.42. The maximum Gasteiger partial charge on any atom is 0.303 e. The monoisotopic (exact) mass is 847 g/mol. The quantitative estimate of drug-likeness (QED) is 0.0660. The molecule has 2 aromatic carbocycles. The van der Waals surface area contributed by atoms with Crippen LogP contribution < -0.4 is 10.6 Å². The maximum absolute atomic E-state index is 12.9. The molecule has 2 aromatic rings. The molecule has 0 amide bonds. The molecule has 0 radical (unpaired) electrons. The molecule has 61 heavy (non-hydrogen) atoms. The summed E-state index contributed by atoms with van der Waals surface area (Å²) < 4.78 is 0. The van der Waals surface area contributed by atoms with E-state index in [9.17, 15) is 45.6 Å². The van der Waals surface area contributed by atoms with Crippen LogP contribution in [0.25, 0.3) is 0 Å². The first-order valence-electron chi connectivity index (χ1n) is 22.7. The van der Waals surface area contributed by atoms with Crippen LogP contribution in [-0.4, -0.2) is 108 Å². The molecule has 2 heterocycles. The van der Waals surface area contributed by atoms with Gasteiger partial charge in [-0.1, -0.05) is 86.9 Å². The van der Waals surface area contributed by atoms with Crippen LogP contribution in [0.4, 0.5) is 0 Å². The van der Waals surface area contributed by atoms with Crippen molar-refractivity contribution in [3.8, 4) is 17.6 Å². The molecule has 11 nitrogen and oxygen atoms in total. The molecule has 1 fully saturated rings. The number of unbranched alkanes of at least 4 members (excludes halogenated alkanes) is 1. The van der Waals surface area contributed by atoms with Crippen molar-refractivity contribution in [1.82, 2.24) is 10.6 Å². The van der Waals surface area contributed by atoms with Gasteiger partial charge in [0.2, 0.25) is 0 Å². The number of aryl methyl sites for hydroxylation is 1. The van der Waals surface area contributed by atoms with E-state index in [2.05, 4.69) is 29.4 Å². The van der Waals surface area contributed by atoms with E-state index in [1.807, 2.05) is 37.3 Å². The van der Waals surface area contributed by atoms with E-state index in [0.717, 1.165) is 59.9 Å². The minimum absolute atomic E-state index is 0.0203. The SMILES string of the molecule is CCCCC(O)C(O)C=CC1=C(CC(O)CO)C(CCCC2NC(C)CCCC2CC(=O)O)NC(C(C)(O)C(CCCO)c2ccc(O)cc2)CC#Cc2ccccc2CC1. The molecule has 4 rings (SSSR count). The molecule has 0 aromatic heterocycles. The Morgan fingerprint density at radius 2 is 1.72 bits per heavy atom. The van der Waals surface area contributed by atoms with Crippen molar-refractivity contribution in [2.45, 2.75) is 178 Å². The number of phenolic OH excluding ortho intramolecular Hbond substituents is 1. The Labute approximate surface area is 364 Å². The first-order valence-corrected chi connectivity index (χ1v) is 22.7. The van der Waals surface area contributed by atoms with Gasteiger partial charge in [0.25, 0.3) is 0 Å². The molecular formula is C50H74N2O9. The molecule has 2 aliphatic rings. The number of carboxylic acids is 1. The predicted octanol–water partition coefficient (Wildman–Crippen LogP) is 6.01. The number of hydrogen-bond acceptors (Lipinski definition) is 10. The molecule has 10 atom stereocenters. The Morgan fingerprint density at radius 3 is 2.43 bits per heavy atom. The highest BCUT2D eigenvalue weighted by Crippen LogP contribution is 2.38.